The number of hydrogen-bond acceptors (Lipinski definition) is 5. The zero-order valence-corrected chi connectivity index (χ0v) is 15.6. The van der Waals surface area contributed by atoms with Gasteiger partial charge in [-0.2, -0.15) is 0 Å². The van der Waals surface area contributed by atoms with Crippen molar-refractivity contribution in [2.75, 3.05) is 45.8 Å². The van der Waals surface area contributed by atoms with Crippen LogP contribution in [0.2, 0.25) is 0 Å². The molecule has 140 valence electrons. The maximum Gasteiger partial charge on any atom is 0.0793 e. The molecule has 2 heterocycles. The number of rotatable bonds is 6. The van der Waals surface area contributed by atoms with E-state index in [-0.39, 0.29) is 12.2 Å². The zero-order chi connectivity index (χ0) is 17.8. The first-order valence-electron chi connectivity index (χ1n) is 9.63. The first-order chi connectivity index (χ1) is 12.0. The molecule has 1 saturated heterocycles. The molecule has 1 aromatic rings. The van der Waals surface area contributed by atoms with E-state index in [1.807, 2.05) is 6.92 Å². The Kier molecular flexibility index (Phi) is 6.47. The number of aliphatic hydroxyl groups excluding tert-OH is 2. The highest BCUT2D eigenvalue weighted by atomic mass is 16.3. The number of fused-ring (bicyclic) bond motifs is 1. The van der Waals surface area contributed by atoms with Crippen LogP contribution >= 0.6 is 0 Å². The Morgan fingerprint density at radius 3 is 2.44 bits per heavy atom. The van der Waals surface area contributed by atoms with Gasteiger partial charge in [0, 0.05) is 58.4 Å². The molecule has 3 atom stereocenters. The summed E-state index contributed by atoms with van der Waals surface area (Å²) in [6.07, 6.45) is 0.500. The van der Waals surface area contributed by atoms with Gasteiger partial charge in [-0.25, -0.2) is 0 Å². The Morgan fingerprint density at radius 1 is 1.00 bits per heavy atom. The average molecular weight is 348 g/mol. The van der Waals surface area contributed by atoms with Gasteiger partial charge < -0.3 is 10.2 Å². The summed E-state index contributed by atoms with van der Waals surface area (Å²) >= 11 is 0. The Hall–Kier alpha value is -0.980. The molecule has 0 bridgehead atoms. The monoisotopic (exact) mass is 347 g/mol. The van der Waals surface area contributed by atoms with E-state index in [0.717, 1.165) is 58.8 Å². The van der Waals surface area contributed by atoms with Crippen LogP contribution in [-0.2, 0) is 13.0 Å². The van der Waals surface area contributed by atoms with E-state index in [1.165, 1.54) is 11.1 Å². The molecule has 5 heteroatoms. The van der Waals surface area contributed by atoms with Crippen LogP contribution in [0.5, 0.6) is 0 Å². The molecule has 5 nitrogen and oxygen atoms in total. The van der Waals surface area contributed by atoms with Crippen molar-refractivity contribution < 1.29 is 10.2 Å². The summed E-state index contributed by atoms with van der Waals surface area (Å²) in [6, 6.07) is 9.07. The number of benzene rings is 1. The van der Waals surface area contributed by atoms with Crippen molar-refractivity contribution in [3.8, 4) is 0 Å². The number of nitrogens with zero attached hydrogens (tertiary/aromatic N) is 3. The Balaban J connectivity index is 1.44. The summed E-state index contributed by atoms with van der Waals surface area (Å²) in [6.45, 7) is 11.2. The summed E-state index contributed by atoms with van der Waals surface area (Å²) < 4.78 is 0. The van der Waals surface area contributed by atoms with Crippen LogP contribution in [0.15, 0.2) is 24.3 Å². The fourth-order valence-electron chi connectivity index (χ4n) is 4.21. The summed E-state index contributed by atoms with van der Waals surface area (Å²) in [4.78, 5) is 7.08. The van der Waals surface area contributed by atoms with Crippen LogP contribution in [0.25, 0.3) is 0 Å². The third-order valence-corrected chi connectivity index (χ3v) is 5.50. The van der Waals surface area contributed by atoms with Crippen LogP contribution < -0.4 is 0 Å². The molecule has 0 unspecified atom stereocenters. The van der Waals surface area contributed by atoms with Crippen LogP contribution in [0.4, 0.5) is 0 Å². The third kappa shape index (κ3) is 5.25. The highest BCUT2D eigenvalue weighted by molar-refractivity contribution is 5.29. The van der Waals surface area contributed by atoms with Crippen LogP contribution in [-0.4, -0.2) is 89.0 Å². The number of β-amino-alcohol motifs (C(OH)–C–C–N with tert-alkyl or cyclic N) is 2. The van der Waals surface area contributed by atoms with E-state index in [4.69, 9.17) is 0 Å². The van der Waals surface area contributed by atoms with Gasteiger partial charge in [-0.05, 0) is 31.4 Å². The first kappa shape index (κ1) is 18.8. The second-order valence-corrected chi connectivity index (χ2v) is 7.86. The van der Waals surface area contributed by atoms with Crippen molar-refractivity contribution in [1.82, 2.24) is 14.7 Å². The molecular weight excluding hydrogens is 314 g/mol. The fraction of sp³-hybridized carbons (Fsp3) is 0.700. The van der Waals surface area contributed by atoms with Gasteiger partial charge >= 0.3 is 0 Å². The van der Waals surface area contributed by atoms with Gasteiger partial charge in [-0.3, -0.25) is 14.7 Å². The first-order valence-corrected chi connectivity index (χ1v) is 9.63. The van der Waals surface area contributed by atoms with Crippen molar-refractivity contribution in [3.63, 3.8) is 0 Å². The minimum absolute atomic E-state index is 0.276. The summed E-state index contributed by atoms with van der Waals surface area (Å²) in [5.41, 5.74) is 2.86. The van der Waals surface area contributed by atoms with Crippen LogP contribution in [0.1, 0.15) is 25.0 Å². The summed E-state index contributed by atoms with van der Waals surface area (Å²) in [5, 5.41) is 20.1. The highest BCUT2D eigenvalue weighted by Crippen LogP contribution is 2.19. The number of piperazine rings is 1. The average Bonchev–Trinajstić information content (AvgIpc) is 2.57. The Labute approximate surface area is 151 Å². The van der Waals surface area contributed by atoms with E-state index < -0.39 is 0 Å². The van der Waals surface area contributed by atoms with Crippen molar-refractivity contribution >= 4 is 0 Å². The van der Waals surface area contributed by atoms with Gasteiger partial charge in [0.1, 0.15) is 0 Å². The molecule has 0 amide bonds. The molecule has 3 rings (SSSR count). The van der Waals surface area contributed by atoms with Crippen molar-refractivity contribution in [1.29, 1.82) is 0 Å². The van der Waals surface area contributed by atoms with Crippen LogP contribution in [0, 0.1) is 0 Å². The highest BCUT2D eigenvalue weighted by Gasteiger charge is 2.26. The molecule has 0 aromatic heterocycles. The summed E-state index contributed by atoms with van der Waals surface area (Å²) in [7, 11) is 0. The van der Waals surface area contributed by atoms with Gasteiger partial charge in [-0.15, -0.1) is 0 Å². The maximum absolute atomic E-state index is 10.6. The van der Waals surface area contributed by atoms with E-state index >= 15 is 0 Å². The lowest BCUT2D eigenvalue weighted by Gasteiger charge is -2.41. The lowest BCUT2D eigenvalue weighted by molar-refractivity contribution is 0.0149. The topological polar surface area (TPSA) is 50.2 Å². The predicted molar refractivity (Wildman–Crippen MR) is 101 cm³/mol. The normalized spacial score (nSPS) is 25.5. The number of aliphatic hydroxyl groups is 2. The molecule has 1 fully saturated rings. The quantitative estimate of drug-likeness (QED) is 0.797. The van der Waals surface area contributed by atoms with Crippen molar-refractivity contribution in [3.05, 3.63) is 35.4 Å². The molecule has 0 radical (unpaired) electrons. The maximum atomic E-state index is 10.6. The van der Waals surface area contributed by atoms with Gasteiger partial charge in [0.25, 0.3) is 0 Å². The minimum atomic E-state index is -0.305. The molecule has 2 N–H and O–H groups in total. The van der Waals surface area contributed by atoms with Crippen molar-refractivity contribution in [2.24, 2.45) is 0 Å². The minimum Gasteiger partial charge on any atom is -0.392 e. The molecule has 1 aromatic carbocycles. The Bertz CT molecular complexity index is 551. The van der Waals surface area contributed by atoms with E-state index in [1.54, 1.807) is 0 Å². The van der Waals surface area contributed by atoms with Crippen LogP contribution in [0.3, 0.4) is 0 Å². The van der Waals surface area contributed by atoms with Crippen molar-refractivity contribution in [2.45, 2.75) is 45.1 Å². The summed E-state index contributed by atoms with van der Waals surface area (Å²) in [5.74, 6) is 0. The molecule has 25 heavy (non-hydrogen) atoms. The molecule has 0 aliphatic carbocycles. The van der Waals surface area contributed by atoms with E-state index in [2.05, 4.69) is 45.9 Å². The van der Waals surface area contributed by atoms with Gasteiger partial charge in [-0.1, -0.05) is 24.3 Å². The third-order valence-electron chi connectivity index (χ3n) is 5.50. The smallest absolute Gasteiger partial charge is 0.0793 e. The lowest BCUT2D eigenvalue weighted by atomic mass is 10.00. The fourth-order valence-corrected chi connectivity index (χ4v) is 4.21. The zero-order valence-electron chi connectivity index (χ0n) is 15.6. The second kappa shape index (κ2) is 8.60. The molecule has 0 saturated carbocycles. The SMILES string of the molecule is C[C@H](O)CN1CCN(C[C@@H](O)CN2CCc3ccccc3C2)C[C@@H]1C. The second-order valence-electron chi connectivity index (χ2n) is 7.86. The molecule has 0 spiro atoms. The lowest BCUT2D eigenvalue weighted by Crippen LogP contribution is -2.55. The van der Waals surface area contributed by atoms with E-state index in [0.29, 0.717) is 6.04 Å². The van der Waals surface area contributed by atoms with Gasteiger partial charge in [0.2, 0.25) is 0 Å². The van der Waals surface area contributed by atoms with E-state index in [9.17, 15) is 10.2 Å². The Morgan fingerprint density at radius 2 is 1.72 bits per heavy atom. The van der Waals surface area contributed by atoms with Gasteiger partial charge in [0.05, 0.1) is 12.2 Å². The molecule has 2 aliphatic rings. The van der Waals surface area contributed by atoms with Gasteiger partial charge in [0.15, 0.2) is 0 Å². The predicted octanol–water partition coefficient (Wildman–Crippen LogP) is 0.793. The largest absolute Gasteiger partial charge is 0.392 e. The molecule has 2 aliphatic heterocycles. The standard InChI is InChI=1S/C20H33N3O2/c1-16-11-22(9-10-23(16)12-17(2)24)15-20(25)14-21-8-7-18-5-3-4-6-19(18)13-21/h3-6,16-17,20,24-25H,7-15H2,1-2H3/t16-,17-,20-/m0/s1. The molecular formula is C20H33N3O2. The number of hydrogen-bond donors (Lipinski definition) is 2.